The number of hydrogen-bond donors (Lipinski definition) is 0. The molecule has 1 aliphatic heterocycles. The lowest BCUT2D eigenvalue weighted by Gasteiger charge is -2.29. The van der Waals surface area contributed by atoms with Crippen LogP contribution in [0, 0.1) is 6.92 Å². The van der Waals surface area contributed by atoms with Crippen LogP contribution < -0.4 is 4.90 Å². The molecule has 0 saturated carbocycles. The molecule has 2 aromatic carbocycles. The molecule has 1 aromatic heterocycles. The molecular weight excluding hydrogens is 414 g/mol. The number of benzene rings is 2. The maximum Gasteiger partial charge on any atom is 0.260 e. The predicted molar refractivity (Wildman–Crippen MR) is 126 cm³/mol. The van der Waals surface area contributed by atoms with E-state index in [-0.39, 0.29) is 5.91 Å². The van der Waals surface area contributed by atoms with E-state index in [2.05, 4.69) is 30.9 Å². The molecule has 0 unspecified atom stereocenters. The van der Waals surface area contributed by atoms with E-state index in [0.717, 1.165) is 59.5 Å². The first-order valence-corrected chi connectivity index (χ1v) is 12.2. The maximum atomic E-state index is 13.5. The summed E-state index contributed by atoms with van der Waals surface area (Å²) < 4.78 is 6.57. The SMILES string of the molecule is CCSc1ccc(C(=O)N(CCN2CCOCC2)c2nc3c(C)cccc3s2)cc1. The molecule has 0 N–H and O–H groups in total. The highest BCUT2D eigenvalue weighted by Gasteiger charge is 2.23. The average molecular weight is 442 g/mol. The molecule has 5 nitrogen and oxygen atoms in total. The van der Waals surface area contributed by atoms with Gasteiger partial charge in [0.05, 0.1) is 23.4 Å². The first kappa shape index (κ1) is 21.3. The summed E-state index contributed by atoms with van der Waals surface area (Å²) in [5, 5.41) is 0.768. The van der Waals surface area contributed by atoms with Crippen molar-refractivity contribution in [3.63, 3.8) is 0 Å². The Morgan fingerprint density at radius 3 is 2.67 bits per heavy atom. The van der Waals surface area contributed by atoms with Crippen LogP contribution in [0.4, 0.5) is 5.13 Å². The monoisotopic (exact) mass is 441 g/mol. The third-order valence-corrected chi connectivity index (χ3v) is 7.18. The van der Waals surface area contributed by atoms with Gasteiger partial charge in [0.2, 0.25) is 0 Å². The van der Waals surface area contributed by atoms with Crippen LogP contribution in [-0.4, -0.2) is 60.9 Å². The summed E-state index contributed by atoms with van der Waals surface area (Å²) in [7, 11) is 0. The Hall–Kier alpha value is -1.93. The van der Waals surface area contributed by atoms with Crippen molar-refractivity contribution >= 4 is 44.4 Å². The van der Waals surface area contributed by atoms with Gasteiger partial charge in [-0.25, -0.2) is 4.98 Å². The molecule has 4 rings (SSSR count). The summed E-state index contributed by atoms with van der Waals surface area (Å²) >= 11 is 3.37. The largest absolute Gasteiger partial charge is 0.379 e. The highest BCUT2D eigenvalue weighted by molar-refractivity contribution is 7.99. The molecule has 0 atom stereocenters. The predicted octanol–water partition coefficient (Wildman–Crippen LogP) is 4.70. The van der Waals surface area contributed by atoms with Crippen molar-refractivity contribution < 1.29 is 9.53 Å². The number of thiazole rings is 1. The zero-order chi connectivity index (χ0) is 20.9. The van der Waals surface area contributed by atoms with E-state index in [4.69, 9.17) is 9.72 Å². The van der Waals surface area contributed by atoms with Crippen molar-refractivity contribution in [3.05, 3.63) is 53.6 Å². The number of morpholine rings is 1. The van der Waals surface area contributed by atoms with E-state index in [1.54, 1.807) is 23.1 Å². The molecule has 0 bridgehead atoms. The fourth-order valence-corrected chi connectivity index (χ4v) is 5.29. The number of thioether (sulfide) groups is 1. The highest BCUT2D eigenvalue weighted by Crippen LogP contribution is 2.31. The number of ether oxygens (including phenoxy) is 1. The zero-order valence-corrected chi connectivity index (χ0v) is 19.1. The quantitative estimate of drug-likeness (QED) is 0.498. The Balaban J connectivity index is 1.61. The van der Waals surface area contributed by atoms with Crippen LogP contribution in [0.15, 0.2) is 47.4 Å². The van der Waals surface area contributed by atoms with E-state index in [0.29, 0.717) is 12.1 Å². The number of para-hydroxylation sites is 1. The van der Waals surface area contributed by atoms with Gasteiger partial charge in [-0.2, -0.15) is 0 Å². The molecule has 3 aromatic rings. The zero-order valence-electron chi connectivity index (χ0n) is 17.5. The minimum absolute atomic E-state index is 0.00742. The van der Waals surface area contributed by atoms with Gasteiger partial charge in [0.1, 0.15) is 0 Å². The first-order chi connectivity index (χ1) is 14.7. The van der Waals surface area contributed by atoms with Gasteiger partial charge in [-0.15, -0.1) is 11.8 Å². The van der Waals surface area contributed by atoms with Crippen LogP contribution in [-0.2, 0) is 4.74 Å². The lowest BCUT2D eigenvalue weighted by Crippen LogP contribution is -2.43. The number of carbonyl (C=O) groups is 1. The number of fused-ring (bicyclic) bond motifs is 1. The molecule has 1 amide bonds. The molecule has 1 saturated heterocycles. The lowest BCUT2D eigenvalue weighted by molar-refractivity contribution is 0.0391. The second kappa shape index (κ2) is 9.92. The summed E-state index contributed by atoms with van der Waals surface area (Å²) in [6, 6.07) is 14.1. The maximum absolute atomic E-state index is 13.5. The minimum atomic E-state index is 0.00742. The minimum Gasteiger partial charge on any atom is -0.379 e. The highest BCUT2D eigenvalue weighted by atomic mass is 32.2. The van der Waals surface area contributed by atoms with Crippen molar-refractivity contribution in [2.45, 2.75) is 18.7 Å². The van der Waals surface area contributed by atoms with Crippen LogP contribution in [0.25, 0.3) is 10.2 Å². The molecule has 1 aliphatic rings. The summed E-state index contributed by atoms with van der Waals surface area (Å²) in [5.74, 6) is 1.03. The van der Waals surface area contributed by atoms with Gasteiger partial charge >= 0.3 is 0 Å². The number of carbonyl (C=O) groups excluding carboxylic acids is 1. The van der Waals surface area contributed by atoms with Gasteiger partial charge in [-0.05, 0) is 48.6 Å². The molecule has 0 aliphatic carbocycles. The normalized spacial score (nSPS) is 14.9. The third kappa shape index (κ3) is 4.86. The molecule has 0 radical (unpaired) electrons. The Kier molecular flexibility index (Phi) is 7.04. The molecule has 158 valence electrons. The number of rotatable bonds is 7. The molecule has 0 spiro atoms. The van der Waals surface area contributed by atoms with Crippen LogP contribution in [0.1, 0.15) is 22.8 Å². The van der Waals surface area contributed by atoms with Crippen molar-refractivity contribution in [2.75, 3.05) is 50.0 Å². The Bertz CT molecular complexity index is 997. The summed E-state index contributed by atoms with van der Waals surface area (Å²) in [6.07, 6.45) is 0. The van der Waals surface area contributed by atoms with E-state index >= 15 is 0 Å². The van der Waals surface area contributed by atoms with Crippen molar-refractivity contribution in [1.29, 1.82) is 0 Å². The van der Waals surface area contributed by atoms with E-state index in [1.165, 1.54) is 4.90 Å². The van der Waals surface area contributed by atoms with Crippen molar-refractivity contribution in [1.82, 2.24) is 9.88 Å². The fourth-order valence-electron chi connectivity index (χ4n) is 3.56. The number of aryl methyl sites for hydroxylation is 1. The van der Waals surface area contributed by atoms with E-state index in [9.17, 15) is 4.79 Å². The van der Waals surface area contributed by atoms with Gasteiger partial charge < -0.3 is 4.74 Å². The van der Waals surface area contributed by atoms with Gasteiger partial charge in [0, 0.05) is 36.6 Å². The molecule has 1 fully saturated rings. The molecular formula is C23H27N3O2S2. The second-order valence-corrected chi connectivity index (χ2v) is 9.63. The van der Waals surface area contributed by atoms with Gasteiger partial charge in [-0.1, -0.05) is 30.4 Å². The van der Waals surface area contributed by atoms with Crippen LogP contribution >= 0.6 is 23.1 Å². The van der Waals surface area contributed by atoms with Crippen molar-refractivity contribution in [3.8, 4) is 0 Å². The average Bonchev–Trinajstić information content (AvgIpc) is 3.21. The Morgan fingerprint density at radius 1 is 1.20 bits per heavy atom. The molecule has 30 heavy (non-hydrogen) atoms. The molecule has 2 heterocycles. The van der Waals surface area contributed by atoms with Crippen LogP contribution in [0.2, 0.25) is 0 Å². The standard InChI is InChI=1S/C23H27N3O2S2/c1-3-29-19-9-7-18(8-10-19)22(27)26(12-11-25-13-15-28-16-14-25)23-24-21-17(2)5-4-6-20(21)30-23/h4-10H,3,11-16H2,1-2H3. The fraction of sp³-hybridized carbons (Fsp3) is 0.391. The smallest absolute Gasteiger partial charge is 0.260 e. The number of anilines is 1. The number of amides is 1. The molecule has 7 heteroatoms. The van der Waals surface area contributed by atoms with Gasteiger partial charge in [0.15, 0.2) is 5.13 Å². The van der Waals surface area contributed by atoms with Gasteiger partial charge in [0.25, 0.3) is 5.91 Å². The third-order valence-electron chi connectivity index (χ3n) is 5.24. The topological polar surface area (TPSA) is 45.7 Å². The van der Waals surface area contributed by atoms with E-state index < -0.39 is 0 Å². The lowest BCUT2D eigenvalue weighted by atomic mass is 10.2. The Labute approximate surface area is 186 Å². The van der Waals surface area contributed by atoms with Gasteiger partial charge in [-0.3, -0.25) is 14.6 Å². The summed E-state index contributed by atoms with van der Waals surface area (Å²) in [5.41, 5.74) is 2.82. The number of hydrogen-bond acceptors (Lipinski definition) is 6. The number of aromatic nitrogens is 1. The number of nitrogens with zero attached hydrogens (tertiary/aromatic N) is 3. The summed E-state index contributed by atoms with van der Waals surface area (Å²) in [6.45, 7) is 8.95. The Morgan fingerprint density at radius 2 is 1.97 bits per heavy atom. The van der Waals surface area contributed by atoms with Crippen LogP contribution in [0.5, 0.6) is 0 Å². The van der Waals surface area contributed by atoms with E-state index in [1.807, 2.05) is 35.2 Å². The summed E-state index contributed by atoms with van der Waals surface area (Å²) in [4.78, 5) is 23.7. The van der Waals surface area contributed by atoms with Crippen molar-refractivity contribution in [2.24, 2.45) is 0 Å². The second-order valence-electron chi connectivity index (χ2n) is 7.29. The van der Waals surface area contributed by atoms with Crippen LogP contribution in [0.3, 0.4) is 0 Å². The first-order valence-electron chi connectivity index (χ1n) is 10.4.